The molecule has 2 aromatic rings. The van der Waals surface area contributed by atoms with Gasteiger partial charge < -0.3 is 28.7 Å². The third-order valence-electron chi connectivity index (χ3n) is 4.79. The predicted molar refractivity (Wildman–Crippen MR) is 122 cm³/mol. The number of ether oxygens (including phenoxy) is 4. The monoisotopic (exact) mass is 506 g/mol. The van der Waals surface area contributed by atoms with Crippen molar-refractivity contribution in [3.05, 3.63) is 52.1 Å². The molecule has 0 aliphatic carbocycles. The maximum Gasteiger partial charge on any atom is 0.373 e. The molecule has 0 radical (unpaired) electrons. The Kier molecular flexibility index (Phi) is 8.02. The van der Waals surface area contributed by atoms with Crippen molar-refractivity contribution in [1.29, 1.82) is 0 Å². The molecule has 1 fully saturated rings. The van der Waals surface area contributed by atoms with E-state index in [-0.39, 0.29) is 46.9 Å². The van der Waals surface area contributed by atoms with E-state index in [0.29, 0.717) is 5.56 Å². The molecule has 1 aliphatic heterocycles. The molecule has 12 heteroatoms. The van der Waals surface area contributed by atoms with Gasteiger partial charge in [0.2, 0.25) is 5.76 Å². The number of carbonyl (C=O) groups excluding carboxylic acids is 4. The Labute approximate surface area is 205 Å². The number of methoxy groups -OCH3 is 2. The molecule has 3 rings (SSSR count). The summed E-state index contributed by atoms with van der Waals surface area (Å²) < 4.78 is 25.8. The number of benzene rings is 1. The van der Waals surface area contributed by atoms with E-state index < -0.39 is 30.0 Å². The molecular weight excluding hydrogens is 484 g/mol. The average molecular weight is 507 g/mol. The summed E-state index contributed by atoms with van der Waals surface area (Å²) in [4.78, 5) is 49.4. The van der Waals surface area contributed by atoms with Gasteiger partial charge in [0.15, 0.2) is 17.6 Å². The van der Waals surface area contributed by atoms with Crippen LogP contribution in [0, 0.1) is 0 Å². The zero-order valence-corrected chi connectivity index (χ0v) is 20.1. The zero-order chi connectivity index (χ0) is 25.7. The van der Waals surface area contributed by atoms with Gasteiger partial charge in [-0.3, -0.25) is 9.69 Å². The number of imide groups is 1. The van der Waals surface area contributed by atoms with Crippen molar-refractivity contribution in [3.63, 3.8) is 0 Å². The molecule has 186 valence electrons. The first-order valence-electron chi connectivity index (χ1n) is 10.4. The van der Waals surface area contributed by atoms with Gasteiger partial charge in [-0.1, -0.05) is 11.6 Å². The molecule has 1 aliphatic rings. The average Bonchev–Trinajstić information content (AvgIpc) is 3.40. The molecule has 3 amide bonds. The first-order chi connectivity index (χ1) is 16.7. The van der Waals surface area contributed by atoms with E-state index in [0.717, 1.165) is 4.90 Å². The van der Waals surface area contributed by atoms with Crippen molar-refractivity contribution in [2.45, 2.75) is 26.5 Å². The molecule has 1 N–H and O–H groups in total. The van der Waals surface area contributed by atoms with Crippen LogP contribution in [0.4, 0.5) is 4.79 Å². The normalized spacial score (nSPS) is 15.1. The quantitative estimate of drug-likeness (QED) is 0.309. The van der Waals surface area contributed by atoms with Crippen molar-refractivity contribution < 1.29 is 42.5 Å². The standard InChI is InChI=1S/C23H23ClN2O9/c1-5-33-18-10-13(8-15(24)19(18)34-12(2)21(28)31-3)9-16-20(27)26(23(30)25-16)11-14-6-7-17(35-14)22(29)32-4/h6-10,12H,5,11H2,1-4H3,(H,25,30)/b16-9-/t12-/m0/s1. The minimum atomic E-state index is -0.938. The highest BCUT2D eigenvalue weighted by Gasteiger charge is 2.34. The van der Waals surface area contributed by atoms with Crippen LogP contribution in [0.5, 0.6) is 11.5 Å². The zero-order valence-electron chi connectivity index (χ0n) is 19.4. The van der Waals surface area contributed by atoms with Gasteiger partial charge in [-0.2, -0.15) is 0 Å². The van der Waals surface area contributed by atoms with Crippen molar-refractivity contribution in [2.75, 3.05) is 20.8 Å². The van der Waals surface area contributed by atoms with Crippen molar-refractivity contribution in [3.8, 4) is 11.5 Å². The van der Waals surface area contributed by atoms with Crippen LogP contribution >= 0.6 is 11.6 Å². The fourth-order valence-electron chi connectivity index (χ4n) is 3.15. The van der Waals surface area contributed by atoms with Gasteiger partial charge in [0.25, 0.3) is 5.91 Å². The third kappa shape index (κ3) is 5.75. The number of hydrogen-bond acceptors (Lipinski definition) is 9. The number of nitrogens with one attached hydrogen (secondary N) is 1. The summed E-state index contributed by atoms with van der Waals surface area (Å²) in [6.45, 7) is 3.34. The third-order valence-corrected chi connectivity index (χ3v) is 5.08. The summed E-state index contributed by atoms with van der Waals surface area (Å²) in [7, 11) is 2.45. The lowest BCUT2D eigenvalue weighted by Gasteiger charge is -2.17. The lowest BCUT2D eigenvalue weighted by molar-refractivity contribution is -0.148. The number of amides is 3. The van der Waals surface area contributed by atoms with E-state index in [4.69, 9.17) is 25.5 Å². The number of esters is 2. The van der Waals surface area contributed by atoms with E-state index in [9.17, 15) is 19.2 Å². The second-order valence-electron chi connectivity index (χ2n) is 7.18. The molecule has 0 saturated carbocycles. The maximum absolute atomic E-state index is 12.8. The van der Waals surface area contributed by atoms with Crippen molar-refractivity contribution in [1.82, 2.24) is 10.2 Å². The van der Waals surface area contributed by atoms with Crippen LogP contribution < -0.4 is 14.8 Å². The number of hydrogen-bond donors (Lipinski definition) is 1. The van der Waals surface area contributed by atoms with Gasteiger partial charge in [-0.05, 0) is 49.8 Å². The van der Waals surface area contributed by atoms with E-state index in [2.05, 4.69) is 14.8 Å². The first kappa shape index (κ1) is 25.6. The van der Waals surface area contributed by atoms with E-state index in [1.807, 2.05) is 0 Å². The second-order valence-corrected chi connectivity index (χ2v) is 7.59. The number of carbonyl (C=O) groups is 4. The highest BCUT2D eigenvalue weighted by atomic mass is 35.5. The molecule has 35 heavy (non-hydrogen) atoms. The summed E-state index contributed by atoms with van der Waals surface area (Å²) in [5.41, 5.74) is 0.429. The number of urea groups is 1. The fraction of sp³-hybridized carbons (Fsp3) is 0.304. The van der Waals surface area contributed by atoms with E-state index >= 15 is 0 Å². The molecule has 0 unspecified atom stereocenters. The van der Waals surface area contributed by atoms with Gasteiger partial charge in [-0.25, -0.2) is 14.4 Å². The van der Waals surface area contributed by atoms with Crippen LogP contribution in [-0.4, -0.2) is 55.7 Å². The molecule has 1 aromatic heterocycles. The Morgan fingerprint density at radius 1 is 1.20 bits per heavy atom. The molecular formula is C23H23ClN2O9. The Morgan fingerprint density at radius 2 is 1.94 bits per heavy atom. The Bertz CT molecular complexity index is 1190. The lowest BCUT2D eigenvalue weighted by Crippen LogP contribution is -2.30. The van der Waals surface area contributed by atoms with Crippen LogP contribution in [-0.2, 0) is 25.6 Å². The highest BCUT2D eigenvalue weighted by Crippen LogP contribution is 2.38. The summed E-state index contributed by atoms with van der Waals surface area (Å²) in [5, 5.41) is 2.62. The van der Waals surface area contributed by atoms with Gasteiger partial charge in [-0.15, -0.1) is 0 Å². The van der Waals surface area contributed by atoms with E-state index in [1.165, 1.54) is 45.4 Å². The summed E-state index contributed by atoms with van der Waals surface area (Å²) in [6.07, 6.45) is 0.482. The number of nitrogens with zero attached hydrogens (tertiary/aromatic N) is 1. The van der Waals surface area contributed by atoms with Crippen LogP contribution in [0.3, 0.4) is 0 Å². The predicted octanol–water partition coefficient (Wildman–Crippen LogP) is 3.15. The number of rotatable bonds is 9. The van der Waals surface area contributed by atoms with Gasteiger partial charge in [0.05, 0.1) is 32.4 Å². The van der Waals surface area contributed by atoms with Crippen LogP contribution in [0.2, 0.25) is 5.02 Å². The largest absolute Gasteiger partial charge is 0.490 e. The number of furan rings is 1. The lowest BCUT2D eigenvalue weighted by atomic mass is 10.1. The van der Waals surface area contributed by atoms with Gasteiger partial charge in [0.1, 0.15) is 11.5 Å². The van der Waals surface area contributed by atoms with Crippen molar-refractivity contribution in [2.24, 2.45) is 0 Å². The van der Waals surface area contributed by atoms with Gasteiger partial charge in [0, 0.05) is 0 Å². The van der Waals surface area contributed by atoms with E-state index in [1.54, 1.807) is 13.0 Å². The van der Waals surface area contributed by atoms with Gasteiger partial charge >= 0.3 is 18.0 Å². The molecule has 1 aromatic carbocycles. The molecule has 2 heterocycles. The SMILES string of the molecule is CCOc1cc(/C=C2\NC(=O)N(Cc3ccc(C(=O)OC)o3)C2=O)cc(Cl)c1O[C@@H](C)C(=O)OC. The first-order valence-corrected chi connectivity index (χ1v) is 10.8. The van der Waals surface area contributed by atoms with Crippen molar-refractivity contribution >= 4 is 41.6 Å². The summed E-state index contributed by atoms with van der Waals surface area (Å²) in [6, 6.07) is 5.24. The molecule has 0 spiro atoms. The smallest absolute Gasteiger partial charge is 0.373 e. The molecule has 1 saturated heterocycles. The minimum Gasteiger partial charge on any atom is -0.490 e. The Balaban J connectivity index is 1.83. The molecule has 11 nitrogen and oxygen atoms in total. The maximum atomic E-state index is 12.8. The fourth-order valence-corrected chi connectivity index (χ4v) is 3.41. The summed E-state index contributed by atoms with van der Waals surface area (Å²) >= 11 is 6.37. The topological polar surface area (TPSA) is 134 Å². The highest BCUT2D eigenvalue weighted by molar-refractivity contribution is 6.32. The van der Waals surface area contributed by atoms with Crippen LogP contribution in [0.25, 0.3) is 6.08 Å². The summed E-state index contributed by atoms with van der Waals surface area (Å²) in [5.74, 6) is -1.34. The van der Waals surface area contributed by atoms with Crippen LogP contribution in [0.15, 0.2) is 34.4 Å². The number of halogens is 1. The second kappa shape index (κ2) is 11.0. The Morgan fingerprint density at radius 3 is 2.60 bits per heavy atom. The molecule has 0 bridgehead atoms. The minimum absolute atomic E-state index is 0.00939. The Hall–Kier alpha value is -3.99. The molecule has 1 atom stereocenters. The van der Waals surface area contributed by atoms with Crippen LogP contribution in [0.1, 0.15) is 35.7 Å².